The van der Waals surface area contributed by atoms with Crippen molar-refractivity contribution in [3.63, 3.8) is 0 Å². The maximum Gasteiger partial charge on any atom is 0.408 e. The van der Waals surface area contributed by atoms with Crippen LogP contribution in [0.4, 0.5) is 4.79 Å². The number of aromatic nitrogens is 1. The van der Waals surface area contributed by atoms with E-state index in [-0.39, 0.29) is 12.2 Å². The Hall–Kier alpha value is -2.70. The summed E-state index contributed by atoms with van der Waals surface area (Å²) in [5.74, 6) is -1.12. The van der Waals surface area contributed by atoms with Crippen molar-refractivity contribution < 1.29 is 24.5 Å². The molecule has 0 spiro atoms. The van der Waals surface area contributed by atoms with Gasteiger partial charge in [0, 0.05) is 23.5 Å². The number of carbonyl (C=O) groups excluding carboxylic acids is 1. The van der Waals surface area contributed by atoms with Gasteiger partial charge in [0.25, 0.3) is 0 Å². The Morgan fingerprint density at radius 2 is 2.04 bits per heavy atom. The summed E-state index contributed by atoms with van der Waals surface area (Å²) in [6.45, 7) is 5.08. The van der Waals surface area contributed by atoms with E-state index in [9.17, 15) is 19.8 Å². The lowest BCUT2D eigenvalue weighted by Gasteiger charge is -2.22. The molecule has 1 amide bonds. The van der Waals surface area contributed by atoms with E-state index in [0.717, 1.165) is 0 Å². The number of phenols is 1. The number of H-pyrrole nitrogens is 1. The van der Waals surface area contributed by atoms with Gasteiger partial charge in [0.2, 0.25) is 0 Å². The molecule has 7 nitrogen and oxygen atoms in total. The van der Waals surface area contributed by atoms with Crippen molar-refractivity contribution in [3.8, 4) is 5.75 Å². The first-order valence-corrected chi connectivity index (χ1v) is 7.17. The summed E-state index contributed by atoms with van der Waals surface area (Å²) in [7, 11) is 0. The molecule has 0 aliphatic carbocycles. The molecule has 4 N–H and O–H groups in total. The number of hydrogen-bond donors (Lipinski definition) is 4. The van der Waals surface area contributed by atoms with Gasteiger partial charge in [0.1, 0.15) is 17.4 Å². The molecule has 0 saturated heterocycles. The fraction of sp³-hybridized carbons (Fsp3) is 0.375. The first-order valence-electron chi connectivity index (χ1n) is 7.17. The van der Waals surface area contributed by atoms with Gasteiger partial charge in [0.05, 0.1) is 0 Å². The Bertz CT molecular complexity index is 730. The molecule has 1 aromatic heterocycles. The Morgan fingerprint density at radius 3 is 2.65 bits per heavy atom. The van der Waals surface area contributed by atoms with Crippen molar-refractivity contribution >= 4 is 23.0 Å². The summed E-state index contributed by atoms with van der Waals surface area (Å²) in [5, 5.41) is 22.2. The molecule has 1 aromatic carbocycles. The van der Waals surface area contributed by atoms with Crippen molar-refractivity contribution in [3.05, 3.63) is 30.0 Å². The highest BCUT2D eigenvalue weighted by atomic mass is 16.6. The number of carboxylic acid groups (broad SMARTS) is 1. The molecule has 7 heteroatoms. The molecule has 1 heterocycles. The average molecular weight is 320 g/mol. The van der Waals surface area contributed by atoms with Crippen LogP contribution in [0.15, 0.2) is 24.4 Å². The van der Waals surface area contributed by atoms with Crippen molar-refractivity contribution in [1.82, 2.24) is 10.3 Å². The van der Waals surface area contributed by atoms with Gasteiger partial charge in [-0.2, -0.15) is 0 Å². The van der Waals surface area contributed by atoms with Crippen LogP contribution in [-0.4, -0.2) is 38.9 Å². The number of rotatable bonds is 4. The van der Waals surface area contributed by atoms with E-state index in [1.165, 1.54) is 6.07 Å². The highest BCUT2D eigenvalue weighted by molar-refractivity contribution is 5.90. The van der Waals surface area contributed by atoms with E-state index in [1.54, 1.807) is 39.1 Å². The van der Waals surface area contributed by atoms with Crippen molar-refractivity contribution in [1.29, 1.82) is 0 Å². The number of hydrogen-bond acceptors (Lipinski definition) is 4. The van der Waals surface area contributed by atoms with Crippen LogP contribution < -0.4 is 5.32 Å². The molecule has 0 aliphatic heterocycles. The van der Waals surface area contributed by atoms with Crippen LogP contribution in [0.2, 0.25) is 0 Å². The molecule has 0 fully saturated rings. The Balaban J connectivity index is 2.19. The number of alkyl carbamates (subject to hydrolysis) is 1. The van der Waals surface area contributed by atoms with E-state index in [0.29, 0.717) is 16.5 Å². The Kier molecular flexibility index (Phi) is 4.49. The summed E-state index contributed by atoms with van der Waals surface area (Å²) < 4.78 is 5.08. The highest BCUT2D eigenvalue weighted by Crippen LogP contribution is 2.28. The van der Waals surface area contributed by atoms with E-state index < -0.39 is 23.7 Å². The van der Waals surface area contributed by atoms with E-state index in [4.69, 9.17) is 4.74 Å². The smallest absolute Gasteiger partial charge is 0.408 e. The molecule has 124 valence electrons. The van der Waals surface area contributed by atoms with Gasteiger partial charge in [-0.15, -0.1) is 0 Å². The zero-order chi connectivity index (χ0) is 17.2. The number of carboxylic acids is 1. The predicted octanol–water partition coefficient (Wildman–Crippen LogP) is 2.39. The maximum absolute atomic E-state index is 11.8. The second-order valence-corrected chi connectivity index (χ2v) is 6.25. The third-order valence-electron chi connectivity index (χ3n) is 3.18. The molecule has 23 heavy (non-hydrogen) atoms. The highest BCUT2D eigenvalue weighted by Gasteiger charge is 2.25. The van der Waals surface area contributed by atoms with E-state index >= 15 is 0 Å². The quantitative estimate of drug-likeness (QED) is 0.691. The van der Waals surface area contributed by atoms with Gasteiger partial charge in [-0.25, -0.2) is 9.59 Å². The Morgan fingerprint density at radius 1 is 1.35 bits per heavy atom. The van der Waals surface area contributed by atoms with Crippen LogP contribution in [-0.2, 0) is 16.0 Å². The third-order valence-corrected chi connectivity index (χ3v) is 3.18. The van der Waals surface area contributed by atoms with Crippen LogP contribution in [0.3, 0.4) is 0 Å². The van der Waals surface area contributed by atoms with Crippen LogP contribution in [0.25, 0.3) is 10.9 Å². The topological polar surface area (TPSA) is 112 Å². The number of aliphatic carboxylic acids is 1. The normalized spacial score (nSPS) is 12.8. The fourth-order valence-corrected chi connectivity index (χ4v) is 2.27. The van der Waals surface area contributed by atoms with Crippen molar-refractivity contribution in [2.45, 2.75) is 38.8 Å². The molecular formula is C16H20N2O5. The van der Waals surface area contributed by atoms with Gasteiger partial charge in [0.15, 0.2) is 0 Å². The molecule has 1 unspecified atom stereocenters. The number of fused-ring (bicyclic) bond motifs is 1. The predicted molar refractivity (Wildman–Crippen MR) is 84.5 cm³/mol. The van der Waals surface area contributed by atoms with Crippen molar-refractivity contribution in [2.75, 3.05) is 0 Å². The zero-order valence-corrected chi connectivity index (χ0v) is 13.2. The average Bonchev–Trinajstić information content (AvgIpc) is 2.80. The summed E-state index contributed by atoms with van der Waals surface area (Å²) >= 11 is 0. The fourth-order valence-electron chi connectivity index (χ4n) is 2.27. The third kappa shape index (κ3) is 4.15. The second kappa shape index (κ2) is 6.20. The lowest BCUT2D eigenvalue weighted by atomic mass is 10.0. The largest absolute Gasteiger partial charge is 0.507 e. The van der Waals surface area contributed by atoms with E-state index in [1.807, 2.05) is 0 Å². The molecule has 2 aromatic rings. The van der Waals surface area contributed by atoms with Crippen LogP contribution in [0.1, 0.15) is 26.3 Å². The number of nitrogens with one attached hydrogen (secondary N) is 2. The number of phenolic OH excluding ortho intramolecular Hbond substituents is 1. The maximum atomic E-state index is 11.8. The molecule has 0 radical (unpaired) electrons. The second-order valence-electron chi connectivity index (χ2n) is 6.25. The van der Waals surface area contributed by atoms with Gasteiger partial charge >= 0.3 is 12.1 Å². The van der Waals surface area contributed by atoms with Crippen LogP contribution >= 0.6 is 0 Å². The minimum Gasteiger partial charge on any atom is -0.507 e. The molecule has 0 saturated carbocycles. The number of benzene rings is 1. The molecule has 2 rings (SSSR count). The van der Waals surface area contributed by atoms with Crippen molar-refractivity contribution in [2.24, 2.45) is 0 Å². The van der Waals surface area contributed by atoms with Gasteiger partial charge in [-0.1, -0.05) is 6.07 Å². The number of ether oxygens (including phenoxy) is 1. The number of aromatic hydroxyl groups is 1. The first kappa shape index (κ1) is 16.7. The summed E-state index contributed by atoms with van der Waals surface area (Å²) in [6, 6.07) is 3.82. The SMILES string of the molecule is CC(C)(C)OC(=O)NC(Cc1c[nH]c2cccc(O)c12)C(=O)O. The number of amides is 1. The minimum absolute atomic E-state index is 0.0200. The molecule has 1 atom stereocenters. The first-order chi connectivity index (χ1) is 10.7. The molecule has 0 bridgehead atoms. The van der Waals surface area contributed by atoms with Gasteiger partial charge < -0.3 is 25.3 Å². The Labute approximate surface area is 133 Å². The van der Waals surface area contributed by atoms with E-state index in [2.05, 4.69) is 10.3 Å². The van der Waals surface area contributed by atoms with Gasteiger partial charge in [-0.05, 0) is 38.5 Å². The minimum atomic E-state index is -1.18. The van der Waals surface area contributed by atoms with Crippen LogP contribution in [0.5, 0.6) is 5.75 Å². The zero-order valence-electron chi connectivity index (χ0n) is 13.2. The lowest BCUT2D eigenvalue weighted by molar-refractivity contribution is -0.139. The summed E-state index contributed by atoms with van der Waals surface area (Å²) in [4.78, 5) is 26.2. The van der Waals surface area contributed by atoms with Crippen LogP contribution in [0, 0.1) is 0 Å². The molecular weight excluding hydrogens is 300 g/mol. The standard InChI is InChI=1S/C16H20N2O5/c1-16(2,3)23-15(22)18-11(14(20)21)7-9-8-17-10-5-4-6-12(19)13(9)10/h4-6,8,11,17,19H,7H2,1-3H3,(H,18,22)(H,20,21). The monoisotopic (exact) mass is 320 g/mol. The number of carbonyl (C=O) groups is 2. The summed E-state index contributed by atoms with van der Waals surface area (Å²) in [6.07, 6.45) is 0.845. The molecule has 0 aliphatic rings. The summed E-state index contributed by atoms with van der Waals surface area (Å²) in [5.41, 5.74) is 0.578. The van der Waals surface area contributed by atoms with Gasteiger partial charge in [-0.3, -0.25) is 0 Å². The lowest BCUT2D eigenvalue weighted by Crippen LogP contribution is -2.44. The number of aromatic amines is 1.